The number of halogens is 1. The van der Waals surface area contributed by atoms with Crippen LogP contribution in [0.2, 0.25) is 5.28 Å². The maximum atomic E-state index is 5.70. The summed E-state index contributed by atoms with van der Waals surface area (Å²) in [5.74, 6) is 0.974. The summed E-state index contributed by atoms with van der Waals surface area (Å²) in [6.45, 7) is 2.13. The van der Waals surface area contributed by atoms with E-state index in [4.69, 9.17) is 17.3 Å². The molecule has 2 rings (SSSR count). The number of nitrogens with zero attached hydrogens (tertiary/aromatic N) is 3. The molecule has 1 fully saturated rings. The number of nitrogens with two attached hydrogens (primary N) is 1. The Balaban J connectivity index is 2.40. The normalized spacial score (nSPS) is 18.6. The van der Waals surface area contributed by atoms with Crippen LogP contribution in [-0.4, -0.2) is 15.0 Å². The lowest BCUT2D eigenvalue weighted by Crippen LogP contribution is -2.13. The summed E-state index contributed by atoms with van der Waals surface area (Å²) < 4.78 is 0. The molecule has 1 heterocycles. The predicted octanol–water partition coefficient (Wildman–Crippen LogP) is 1.55. The molecule has 5 heteroatoms. The maximum Gasteiger partial charge on any atom is 0.227 e. The quantitative estimate of drug-likeness (QED) is 0.783. The number of nitrogen functional groups attached to an aromatic ring is 1. The summed E-state index contributed by atoms with van der Waals surface area (Å²) in [5.41, 5.74) is 5.63. The van der Waals surface area contributed by atoms with Gasteiger partial charge in [-0.3, -0.25) is 0 Å². The number of hydrogen-bond donors (Lipinski definition) is 1. The molecule has 0 bridgehead atoms. The molecular formula is C8H11ClN4. The molecule has 1 aromatic heterocycles. The molecule has 1 aliphatic rings. The fraction of sp³-hybridized carbons (Fsp3) is 0.625. The highest BCUT2D eigenvalue weighted by Gasteiger charge is 2.45. The Bertz CT molecular complexity index is 315. The minimum atomic E-state index is 0.140. The zero-order chi connectivity index (χ0) is 9.47. The van der Waals surface area contributed by atoms with E-state index in [0.717, 1.165) is 25.1 Å². The second kappa shape index (κ2) is 2.80. The Kier molecular flexibility index (Phi) is 1.87. The molecule has 0 radical (unpaired) electrons. The van der Waals surface area contributed by atoms with E-state index >= 15 is 0 Å². The van der Waals surface area contributed by atoms with E-state index in [2.05, 4.69) is 21.9 Å². The van der Waals surface area contributed by atoms with Crippen LogP contribution in [0.4, 0.5) is 5.95 Å². The topological polar surface area (TPSA) is 64.7 Å². The molecule has 0 spiro atoms. The smallest absolute Gasteiger partial charge is 0.227 e. The minimum Gasteiger partial charge on any atom is -0.368 e. The number of anilines is 1. The lowest BCUT2D eigenvalue weighted by atomic mass is 10.0. The second-order valence-electron chi connectivity index (χ2n) is 3.42. The van der Waals surface area contributed by atoms with Gasteiger partial charge in [0.25, 0.3) is 0 Å². The van der Waals surface area contributed by atoms with Crippen molar-refractivity contribution in [3.05, 3.63) is 11.1 Å². The molecule has 0 unspecified atom stereocenters. The van der Waals surface area contributed by atoms with Gasteiger partial charge in [-0.1, -0.05) is 6.92 Å². The Morgan fingerprint density at radius 2 is 2.08 bits per heavy atom. The molecule has 1 aromatic rings. The first-order valence-electron chi connectivity index (χ1n) is 4.34. The maximum absolute atomic E-state index is 5.70. The Hall–Kier alpha value is -0.900. The number of aromatic nitrogens is 3. The van der Waals surface area contributed by atoms with Gasteiger partial charge in [0.2, 0.25) is 11.2 Å². The largest absolute Gasteiger partial charge is 0.368 e. The van der Waals surface area contributed by atoms with Gasteiger partial charge in [0, 0.05) is 5.41 Å². The van der Waals surface area contributed by atoms with Crippen molar-refractivity contribution in [2.24, 2.45) is 0 Å². The zero-order valence-corrected chi connectivity index (χ0v) is 8.17. The van der Waals surface area contributed by atoms with Gasteiger partial charge in [0.1, 0.15) is 5.82 Å². The third-order valence-electron chi connectivity index (χ3n) is 2.63. The summed E-state index contributed by atoms with van der Waals surface area (Å²) in [6, 6.07) is 0. The van der Waals surface area contributed by atoms with Crippen LogP contribution in [0.3, 0.4) is 0 Å². The summed E-state index contributed by atoms with van der Waals surface area (Å²) in [7, 11) is 0. The molecule has 0 saturated heterocycles. The van der Waals surface area contributed by atoms with Crippen molar-refractivity contribution in [3.63, 3.8) is 0 Å². The molecular weight excluding hydrogens is 188 g/mol. The predicted molar refractivity (Wildman–Crippen MR) is 50.5 cm³/mol. The first-order valence-corrected chi connectivity index (χ1v) is 4.72. The average Bonchev–Trinajstić information content (AvgIpc) is 2.82. The fourth-order valence-corrected chi connectivity index (χ4v) is 1.66. The highest BCUT2D eigenvalue weighted by atomic mass is 35.5. The summed E-state index contributed by atoms with van der Waals surface area (Å²) in [4.78, 5) is 11.9. The van der Waals surface area contributed by atoms with Crippen molar-refractivity contribution < 1.29 is 0 Å². The molecule has 70 valence electrons. The molecule has 1 saturated carbocycles. The van der Waals surface area contributed by atoms with E-state index < -0.39 is 0 Å². The molecule has 0 aliphatic heterocycles. The number of hydrogen-bond acceptors (Lipinski definition) is 4. The van der Waals surface area contributed by atoms with E-state index in [-0.39, 0.29) is 16.6 Å². The van der Waals surface area contributed by atoms with Gasteiger partial charge in [0.05, 0.1) is 0 Å². The average molecular weight is 199 g/mol. The summed E-state index contributed by atoms with van der Waals surface area (Å²) in [6.07, 6.45) is 3.29. The van der Waals surface area contributed by atoms with Crippen LogP contribution in [0.15, 0.2) is 0 Å². The van der Waals surface area contributed by atoms with Gasteiger partial charge in [0.15, 0.2) is 0 Å². The third kappa shape index (κ3) is 1.46. The Morgan fingerprint density at radius 3 is 2.54 bits per heavy atom. The minimum absolute atomic E-state index is 0.140. The van der Waals surface area contributed by atoms with Crippen LogP contribution in [0, 0.1) is 0 Å². The van der Waals surface area contributed by atoms with Crippen LogP contribution >= 0.6 is 11.6 Å². The van der Waals surface area contributed by atoms with E-state index in [1.165, 1.54) is 0 Å². The van der Waals surface area contributed by atoms with Crippen LogP contribution in [0.5, 0.6) is 0 Å². The molecule has 13 heavy (non-hydrogen) atoms. The van der Waals surface area contributed by atoms with Crippen LogP contribution in [-0.2, 0) is 5.41 Å². The molecule has 0 atom stereocenters. The standard InChI is InChI=1S/C8H11ClN4/c1-2-8(3-4-8)5-11-6(9)13-7(10)12-5/h2-4H2,1H3,(H2,10,11,12,13). The van der Waals surface area contributed by atoms with E-state index in [1.807, 2.05) is 0 Å². The first kappa shape index (κ1) is 8.69. The Morgan fingerprint density at radius 1 is 1.38 bits per heavy atom. The Labute approximate surface area is 81.6 Å². The second-order valence-corrected chi connectivity index (χ2v) is 3.76. The van der Waals surface area contributed by atoms with Gasteiger partial charge in [-0.15, -0.1) is 0 Å². The van der Waals surface area contributed by atoms with Gasteiger partial charge in [-0.25, -0.2) is 4.98 Å². The van der Waals surface area contributed by atoms with Crippen molar-refractivity contribution >= 4 is 17.5 Å². The third-order valence-corrected chi connectivity index (χ3v) is 2.80. The molecule has 0 aromatic carbocycles. The van der Waals surface area contributed by atoms with E-state index in [1.54, 1.807) is 0 Å². The first-order chi connectivity index (χ1) is 6.16. The highest BCUT2D eigenvalue weighted by molar-refractivity contribution is 6.28. The molecule has 1 aliphatic carbocycles. The van der Waals surface area contributed by atoms with Crippen molar-refractivity contribution in [1.29, 1.82) is 0 Å². The van der Waals surface area contributed by atoms with Gasteiger partial charge in [-0.05, 0) is 30.9 Å². The van der Waals surface area contributed by atoms with Gasteiger partial charge >= 0.3 is 0 Å². The SMILES string of the molecule is CCC1(c2nc(N)nc(Cl)n2)CC1. The monoisotopic (exact) mass is 198 g/mol. The fourth-order valence-electron chi connectivity index (χ4n) is 1.49. The zero-order valence-electron chi connectivity index (χ0n) is 7.42. The van der Waals surface area contributed by atoms with Gasteiger partial charge in [-0.2, -0.15) is 9.97 Å². The lowest BCUT2D eigenvalue weighted by Gasteiger charge is -2.10. The van der Waals surface area contributed by atoms with Gasteiger partial charge < -0.3 is 5.73 Å². The molecule has 0 amide bonds. The van der Waals surface area contributed by atoms with Crippen LogP contribution < -0.4 is 5.73 Å². The van der Waals surface area contributed by atoms with Crippen molar-refractivity contribution in [2.45, 2.75) is 31.6 Å². The van der Waals surface area contributed by atoms with E-state index in [0.29, 0.717) is 0 Å². The van der Waals surface area contributed by atoms with Crippen LogP contribution in [0.25, 0.3) is 0 Å². The lowest BCUT2D eigenvalue weighted by molar-refractivity contribution is 0.611. The summed E-state index contributed by atoms with van der Waals surface area (Å²) >= 11 is 5.70. The van der Waals surface area contributed by atoms with Crippen molar-refractivity contribution in [2.75, 3.05) is 5.73 Å². The van der Waals surface area contributed by atoms with Crippen molar-refractivity contribution in [3.8, 4) is 0 Å². The van der Waals surface area contributed by atoms with Crippen LogP contribution in [0.1, 0.15) is 32.0 Å². The van der Waals surface area contributed by atoms with Crippen molar-refractivity contribution in [1.82, 2.24) is 15.0 Å². The molecule has 2 N–H and O–H groups in total. The number of rotatable bonds is 2. The van der Waals surface area contributed by atoms with E-state index in [9.17, 15) is 0 Å². The highest BCUT2D eigenvalue weighted by Crippen LogP contribution is 2.49. The summed E-state index contributed by atoms with van der Waals surface area (Å²) in [5, 5.41) is 0.197. The molecule has 4 nitrogen and oxygen atoms in total.